The number of benzene rings is 2. The van der Waals surface area contributed by atoms with Gasteiger partial charge in [-0.2, -0.15) is 13.2 Å². The average Bonchev–Trinajstić information content (AvgIpc) is 2.85. The van der Waals surface area contributed by atoms with E-state index in [9.17, 15) is 22.8 Å². The van der Waals surface area contributed by atoms with Crippen LogP contribution in [0.5, 0.6) is 11.5 Å². The third-order valence-corrected chi connectivity index (χ3v) is 5.20. The molecule has 1 aromatic heterocycles. The van der Waals surface area contributed by atoms with Crippen molar-refractivity contribution in [3.05, 3.63) is 77.1 Å². The van der Waals surface area contributed by atoms with Gasteiger partial charge in [0.2, 0.25) is 0 Å². The molecular weight excluding hydrogens is 509 g/mol. The van der Waals surface area contributed by atoms with Crippen molar-refractivity contribution in [2.75, 3.05) is 17.2 Å². The van der Waals surface area contributed by atoms with E-state index in [0.29, 0.717) is 30.2 Å². The average molecular weight is 531 g/mol. The summed E-state index contributed by atoms with van der Waals surface area (Å²) in [5.41, 5.74) is -0.556. The summed E-state index contributed by atoms with van der Waals surface area (Å²) >= 11 is 5.59. The smallest absolute Gasteiger partial charge is 0.417 e. The molecule has 0 bridgehead atoms. The molecule has 0 saturated heterocycles. The number of hydrogen-bond acceptors (Lipinski definition) is 4. The molecule has 3 rings (SSSR count). The van der Waals surface area contributed by atoms with E-state index in [4.69, 9.17) is 22.8 Å². The van der Waals surface area contributed by atoms with Crippen LogP contribution in [0.3, 0.4) is 0 Å². The Morgan fingerprint density at radius 3 is 2.38 bits per heavy atom. The van der Waals surface area contributed by atoms with Crippen LogP contribution in [0.4, 0.5) is 29.3 Å². The van der Waals surface area contributed by atoms with Gasteiger partial charge in [0.1, 0.15) is 17.2 Å². The van der Waals surface area contributed by atoms with Crippen LogP contribution in [-0.2, 0) is 6.18 Å². The Morgan fingerprint density at radius 1 is 0.973 bits per heavy atom. The molecule has 0 unspecified atom stereocenters. The van der Waals surface area contributed by atoms with Gasteiger partial charge in [-0.15, -0.1) is 12.3 Å². The minimum atomic E-state index is -4.65. The second-order valence-electron chi connectivity index (χ2n) is 7.69. The molecule has 11 heteroatoms. The van der Waals surface area contributed by atoms with Crippen molar-refractivity contribution in [3.8, 4) is 23.8 Å². The number of unbranched alkanes of at least 4 members (excludes halogenated alkanes) is 2. The number of hydrogen-bond donors (Lipinski definition) is 3. The Kier molecular flexibility index (Phi) is 9.35. The summed E-state index contributed by atoms with van der Waals surface area (Å²) in [6.45, 7) is 0.483. The first-order valence-electron chi connectivity index (χ1n) is 11.1. The van der Waals surface area contributed by atoms with E-state index in [2.05, 4.69) is 26.9 Å². The maximum atomic E-state index is 13.0. The number of urea groups is 1. The number of amides is 3. The first-order chi connectivity index (χ1) is 17.7. The van der Waals surface area contributed by atoms with E-state index in [1.165, 1.54) is 18.3 Å². The lowest BCUT2D eigenvalue weighted by molar-refractivity contribution is -0.137. The zero-order valence-electron chi connectivity index (χ0n) is 19.4. The molecule has 0 radical (unpaired) electrons. The normalized spacial score (nSPS) is 10.8. The third-order valence-electron chi connectivity index (χ3n) is 4.88. The van der Waals surface area contributed by atoms with Crippen LogP contribution in [0.25, 0.3) is 0 Å². The highest BCUT2D eigenvalue weighted by molar-refractivity contribution is 6.31. The number of halogens is 4. The van der Waals surface area contributed by atoms with Crippen LogP contribution >= 0.6 is 11.6 Å². The van der Waals surface area contributed by atoms with Crippen molar-refractivity contribution in [2.45, 2.75) is 25.4 Å². The maximum Gasteiger partial charge on any atom is 0.417 e. The summed E-state index contributed by atoms with van der Waals surface area (Å²) in [6, 6.07) is 11.7. The first kappa shape index (κ1) is 27.4. The number of alkyl halides is 3. The summed E-state index contributed by atoms with van der Waals surface area (Å²) in [5, 5.41) is 7.15. The molecular formula is C26H22ClF3N4O3. The number of terminal acetylenes is 1. The van der Waals surface area contributed by atoms with Gasteiger partial charge in [0.15, 0.2) is 0 Å². The van der Waals surface area contributed by atoms with Crippen LogP contribution in [0.1, 0.15) is 35.3 Å². The number of aromatic nitrogens is 1. The maximum absolute atomic E-state index is 13.0. The molecule has 0 saturated carbocycles. The van der Waals surface area contributed by atoms with Crippen molar-refractivity contribution in [2.24, 2.45) is 0 Å². The molecule has 0 spiro atoms. The fraction of sp³-hybridized carbons (Fsp3) is 0.192. The first-order valence-corrected chi connectivity index (χ1v) is 11.4. The monoisotopic (exact) mass is 530 g/mol. The van der Waals surface area contributed by atoms with Gasteiger partial charge >= 0.3 is 12.2 Å². The number of anilines is 2. The predicted molar refractivity (Wildman–Crippen MR) is 135 cm³/mol. The Labute approximate surface area is 216 Å². The molecule has 3 aromatic rings. The molecule has 0 aliphatic carbocycles. The third kappa shape index (κ3) is 8.44. The summed E-state index contributed by atoms with van der Waals surface area (Å²) in [7, 11) is 0. The number of nitrogens with one attached hydrogen (secondary N) is 3. The molecule has 192 valence electrons. The van der Waals surface area contributed by atoms with E-state index in [-0.39, 0.29) is 17.3 Å². The summed E-state index contributed by atoms with van der Waals surface area (Å²) in [4.78, 5) is 28.5. The van der Waals surface area contributed by atoms with Crippen LogP contribution in [-0.4, -0.2) is 23.5 Å². The van der Waals surface area contributed by atoms with Gasteiger partial charge < -0.3 is 20.7 Å². The Balaban J connectivity index is 1.55. The number of carbonyl (C=O) groups is 2. The molecule has 0 aliphatic rings. The molecule has 2 aromatic carbocycles. The largest absolute Gasteiger partial charge is 0.457 e. The van der Waals surface area contributed by atoms with Gasteiger partial charge in [0, 0.05) is 36.6 Å². The lowest BCUT2D eigenvalue weighted by Gasteiger charge is -2.12. The molecule has 3 N–H and O–H groups in total. The van der Waals surface area contributed by atoms with Crippen molar-refractivity contribution in [1.82, 2.24) is 10.3 Å². The Hall–Kier alpha value is -4.23. The van der Waals surface area contributed by atoms with Gasteiger partial charge in [-0.1, -0.05) is 11.6 Å². The summed E-state index contributed by atoms with van der Waals surface area (Å²) in [6.07, 6.45) is 4.24. The number of carbonyl (C=O) groups excluding carboxylic acids is 2. The molecule has 0 atom stereocenters. The molecule has 0 fully saturated rings. The van der Waals surface area contributed by atoms with Gasteiger partial charge in [-0.3, -0.25) is 9.78 Å². The highest BCUT2D eigenvalue weighted by Gasteiger charge is 2.33. The second kappa shape index (κ2) is 12.6. The van der Waals surface area contributed by atoms with Crippen molar-refractivity contribution in [1.29, 1.82) is 0 Å². The SMILES string of the molecule is C#CCCCCNC(=O)c1cc(Oc2ccc(NC(=O)Nc3ccc(Cl)c(C(F)(F)F)c3)cc2)ccn1. The highest BCUT2D eigenvalue weighted by atomic mass is 35.5. The molecule has 1 heterocycles. The fourth-order valence-electron chi connectivity index (χ4n) is 3.10. The van der Waals surface area contributed by atoms with E-state index >= 15 is 0 Å². The van der Waals surface area contributed by atoms with Gasteiger partial charge in [0.25, 0.3) is 5.91 Å². The second-order valence-corrected chi connectivity index (χ2v) is 8.10. The number of ether oxygens (including phenoxy) is 1. The zero-order chi connectivity index (χ0) is 26.8. The highest BCUT2D eigenvalue weighted by Crippen LogP contribution is 2.36. The Morgan fingerprint density at radius 2 is 1.68 bits per heavy atom. The molecule has 0 aliphatic heterocycles. The molecule has 7 nitrogen and oxygen atoms in total. The number of rotatable bonds is 9. The van der Waals surface area contributed by atoms with Gasteiger partial charge in [0.05, 0.1) is 10.6 Å². The fourth-order valence-corrected chi connectivity index (χ4v) is 3.32. The van der Waals surface area contributed by atoms with Crippen molar-refractivity contribution >= 4 is 34.9 Å². The number of pyridine rings is 1. The van der Waals surface area contributed by atoms with Gasteiger partial charge in [-0.05, 0) is 61.4 Å². The lowest BCUT2D eigenvalue weighted by atomic mass is 10.2. The molecule has 3 amide bonds. The zero-order valence-corrected chi connectivity index (χ0v) is 20.1. The van der Waals surface area contributed by atoms with Crippen LogP contribution in [0.2, 0.25) is 5.02 Å². The van der Waals surface area contributed by atoms with Crippen LogP contribution < -0.4 is 20.7 Å². The van der Waals surface area contributed by atoms with Crippen molar-refractivity contribution in [3.63, 3.8) is 0 Å². The van der Waals surface area contributed by atoms with E-state index < -0.39 is 22.8 Å². The summed E-state index contributed by atoms with van der Waals surface area (Å²) < 4.78 is 44.8. The van der Waals surface area contributed by atoms with E-state index in [1.54, 1.807) is 30.3 Å². The van der Waals surface area contributed by atoms with E-state index in [1.807, 2.05) is 0 Å². The molecule has 37 heavy (non-hydrogen) atoms. The Bertz CT molecular complexity index is 1290. The number of nitrogens with zero attached hydrogens (tertiary/aromatic N) is 1. The standard InChI is InChI=1S/C26H22ClF3N4O3/c1-2-3-4-5-13-32-24(35)23-16-20(12-14-31-23)37-19-9-6-17(7-10-19)33-25(36)34-18-8-11-22(27)21(15-18)26(28,29)30/h1,6-12,14-16H,3-5,13H2,(H,32,35)(H2,33,34,36). The summed E-state index contributed by atoms with van der Waals surface area (Å²) in [5.74, 6) is 3.02. The van der Waals surface area contributed by atoms with Gasteiger partial charge in [-0.25, -0.2) is 4.79 Å². The minimum Gasteiger partial charge on any atom is -0.457 e. The quantitative estimate of drug-likeness (QED) is 0.211. The minimum absolute atomic E-state index is 0.0701. The van der Waals surface area contributed by atoms with Crippen LogP contribution in [0, 0.1) is 12.3 Å². The van der Waals surface area contributed by atoms with Crippen molar-refractivity contribution < 1.29 is 27.5 Å². The van der Waals surface area contributed by atoms with Crippen LogP contribution in [0.15, 0.2) is 60.8 Å². The van der Waals surface area contributed by atoms with E-state index in [0.717, 1.165) is 25.0 Å². The topological polar surface area (TPSA) is 92.4 Å². The predicted octanol–water partition coefficient (Wildman–Crippen LogP) is 6.72. The lowest BCUT2D eigenvalue weighted by Crippen LogP contribution is -2.25.